The van der Waals surface area contributed by atoms with Crippen molar-refractivity contribution >= 4 is 29.1 Å². The Morgan fingerprint density at radius 3 is 2.88 bits per heavy atom. The second-order valence-electron chi connectivity index (χ2n) is 7.62. The summed E-state index contributed by atoms with van der Waals surface area (Å²) in [5.74, 6) is 0.313. The highest BCUT2D eigenvalue weighted by molar-refractivity contribution is 5.94. The summed E-state index contributed by atoms with van der Waals surface area (Å²) in [5.41, 5.74) is 11.8. The van der Waals surface area contributed by atoms with Crippen LogP contribution in [0, 0.1) is 0 Å². The molecule has 4 heterocycles. The number of nitrogen functional groups attached to an aromatic ring is 1. The number of nitrogens with two attached hydrogens (primary N) is 1. The van der Waals surface area contributed by atoms with Crippen LogP contribution in [0.2, 0.25) is 0 Å². The van der Waals surface area contributed by atoms with Gasteiger partial charge in [0, 0.05) is 30.9 Å². The van der Waals surface area contributed by atoms with Gasteiger partial charge in [-0.05, 0) is 46.5 Å². The minimum atomic E-state index is -0.0958. The first-order valence-corrected chi connectivity index (χ1v) is 10.2. The molecule has 1 amide bonds. The van der Waals surface area contributed by atoms with Gasteiger partial charge in [0.15, 0.2) is 0 Å². The Morgan fingerprint density at radius 1 is 1.19 bits per heavy atom. The van der Waals surface area contributed by atoms with E-state index in [1.54, 1.807) is 6.21 Å². The first-order chi connectivity index (χ1) is 15.6. The molecular weight excluding hydrogens is 406 g/mol. The number of H-pyrrole nitrogens is 1. The first-order valence-electron chi connectivity index (χ1n) is 10.2. The Morgan fingerprint density at radius 2 is 2.06 bits per heavy atom. The van der Waals surface area contributed by atoms with Crippen molar-refractivity contribution in [2.24, 2.45) is 4.99 Å². The van der Waals surface area contributed by atoms with Gasteiger partial charge in [-0.15, -0.1) is 5.10 Å². The Bertz CT molecular complexity index is 1330. The number of allylic oxidation sites excluding steroid dienone is 1. The zero-order chi connectivity index (χ0) is 21.9. The van der Waals surface area contributed by atoms with Gasteiger partial charge in [0.2, 0.25) is 5.65 Å². The maximum absolute atomic E-state index is 12.3. The molecule has 32 heavy (non-hydrogen) atoms. The molecule has 0 bridgehead atoms. The van der Waals surface area contributed by atoms with Crippen molar-refractivity contribution in [3.05, 3.63) is 76.6 Å². The van der Waals surface area contributed by atoms with Crippen LogP contribution in [-0.2, 0) is 13.0 Å². The number of carbonyl (C=O) groups is 1. The molecule has 10 heteroatoms. The van der Waals surface area contributed by atoms with Crippen molar-refractivity contribution in [3.8, 4) is 0 Å². The van der Waals surface area contributed by atoms with Crippen molar-refractivity contribution in [2.75, 3.05) is 18.8 Å². The molecule has 0 saturated heterocycles. The highest BCUT2D eigenvalue weighted by Crippen LogP contribution is 2.19. The van der Waals surface area contributed by atoms with Crippen molar-refractivity contribution in [1.29, 1.82) is 0 Å². The van der Waals surface area contributed by atoms with E-state index >= 15 is 0 Å². The average molecular weight is 427 g/mol. The third kappa shape index (κ3) is 4.24. The van der Waals surface area contributed by atoms with Crippen LogP contribution >= 0.6 is 0 Å². The maximum Gasteiger partial charge on any atom is 0.251 e. The van der Waals surface area contributed by atoms with E-state index in [0.29, 0.717) is 48.6 Å². The zero-order valence-corrected chi connectivity index (χ0v) is 17.2. The number of benzene rings is 1. The van der Waals surface area contributed by atoms with Crippen LogP contribution in [0.3, 0.4) is 0 Å². The van der Waals surface area contributed by atoms with Gasteiger partial charge in [-0.2, -0.15) is 15.4 Å². The predicted octanol–water partition coefficient (Wildman–Crippen LogP) is 1.51. The average Bonchev–Trinajstić information content (AvgIpc) is 3.55. The van der Waals surface area contributed by atoms with Crippen LogP contribution in [0.15, 0.2) is 59.4 Å². The third-order valence-corrected chi connectivity index (χ3v) is 5.22. The summed E-state index contributed by atoms with van der Waals surface area (Å²) >= 11 is 0. The molecular formula is C22H21N9O. The van der Waals surface area contributed by atoms with Crippen LogP contribution in [0.4, 0.5) is 5.82 Å². The summed E-state index contributed by atoms with van der Waals surface area (Å²) in [4.78, 5) is 20.6. The minimum absolute atomic E-state index is 0.0958. The largest absolute Gasteiger partial charge is 0.384 e. The number of pyridine rings is 1. The molecule has 0 fully saturated rings. The van der Waals surface area contributed by atoms with Crippen molar-refractivity contribution in [1.82, 2.24) is 35.5 Å². The SMILES string of the molecule is Nc1cc(Cc2cnn(Cc3ccc(C(=O)NCC4=CC=NC4)cc3)c2)c2n[nH]nc2n1. The number of aromatic amines is 1. The molecule has 0 radical (unpaired) electrons. The summed E-state index contributed by atoms with van der Waals surface area (Å²) in [6.45, 7) is 1.77. The molecule has 160 valence electrons. The van der Waals surface area contributed by atoms with Crippen LogP contribution in [0.25, 0.3) is 11.2 Å². The Balaban J connectivity index is 1.21. The second kappa shape index (κ2) is 8.42. The molecule has 1 aliphatic rings. The molecule has 1 aliphatic heterocycles. The van der Waals surface area contributed by atoms with E-state index in [4.69, 9.17) is 5.73 Å². The summed E-state index contributed by atoms with van der Waals surface area (Å²) in [7, 11) is 0. The molecule has 10 nitrogen and oxygen atoms in total. The van der Waals surface area contributed by atoms with Crippen LogP contribution in [-0.4, -0.2) is 55.4 Å². The summed E-state index contributed by atoms with van der Waals surface area (Å²) in [6, 6.07) is 9.35. The number of aliphatic imine (C=N–C) groups is 1. The van der Waals surface area contributed by atoms with Gasteiger partial charge in [-0.1, -0.05) is 12.1 Å². The molecule has 0 spiro atoms. The molecule has 3 aromatic heterocycles. The minimum Gasteiger partial charge on any atom is -0.384 e. The fourth-order valence-electron chi connectivity index (χ4n) is 3.60. The monoisotopic (exact) mass is 427 g/mol. The smallest absolute Gasteiger partial charge is 0.251 e. The number of hydrogen-bond donors (Lipinski definition) is 3. The van der Waals surface area contributed by atoms with Crippen molar-refractivity contribution in [3.63, 3.8) is 0 Å². The standard InChI is InChI=1S/C22H21N9O/c23-19-8-18(20-21(27-19)29-30-28-20)7-16-11-26-31(13-16)12-14-1-3-17(4-2-14)22(32)25-10-15-5-6-24-9-15/h1-6,8,11,13H,7,9-10,12H2,(H,25,32)(H3,23,27,28,29,30). The summed E-state index contributed by atoms with van der Waals surface area (Å²) in [5, 5.41) is 18.1. The lowest BCUT2D eigenvalue weighted by Crippen LogP contribution is -2.25. The van der Waals surface area contributed by atoms with Crippen molar-refractivity contribution < 1.29 is 4.79 Å². The molecule has 0 atom stereocenters. The fourth-order valence-corrected chi connectivity index (χ4v) is 3.60. The van der Waals surface area contributed by atoms with Gasteiger partial charge in [-0.3, -0.25) is 14.5 Å². The van der Waals surface area contributed by atoms with E-state index in [2.05, 4.69) is 35.8 Å². The number of nitrogens with one attached hydrogen (secondary N) is 2. The third-order valence-electron chi connectivity index (χ3n) is 5.22. The van der Waals surface area contributed by atoms with Gasteiger partial charge >= 0.3 is 0 Å². The zero-order valence-electron chi connectivity index (χ0n) is 17.2. The lowest BCUT2D eigenvalue weighted by Gasteiger charge is -2.07. The molecule has 0 unspecified atom stereocenters. The van der Waals surface area contributed by atoms with E-state index in [9.17, 15) is 4.79 Å². The quantitative estimate of drug-likeness (QED) is 0.408. The van der Waals surface area contributed by atoms with Crippen LogP contribution in [0.5, 0.6) is 0 Å². The normalized spacial score (nSPS) is 12.9. The predicted molar refractivity (Wildman–Crippen MR) is 120 cm³/mol. The number of aromatic nitrogens is 6. The highest BCUT2D eigenvalue weighted by Gasteiger charge is 2.11. The van der Waals surface area contributed by atoms with Gasteiger partial charge in [0.1, 0.15) is 11.3 Å². The lowest BCUT2D eigenvalue weighted by molar-refractivity contribution is 0.0957. The van der Waals surface area contributed by atoms with E-state index in [1.807, 2.05) is 53.5 Å². The van der Waals surface area contributed by atoms with E-state index in [1.165, 1.54) is 0 Å². The lowest BCUT2D eigenvalue weighted by atomic mass is 10.1. The topological polar surface area (TPSA) is 140 Å². The van der Waals surface area contributed by atoms with Gasteiger partial charge in [0.05, 0.1) is 19.3 Å². The number of rotatable bonds is 7. The molecule has 4 N–H and O–H groups in total. The van der Waals surface area contributed by atoms with Crippen LogP contribution in [0.1, 0.15) is 27.0 Å². The molecule has 0 saturated carbocycles. The highest BCUT2D eigenvalue weighted by atomic mass is 16.1. The maximum atomic E-state index is 12.3. The summed E-state index contributed by atoms with van der Waals surface area (Å²) < 4.78 is 1.86. The number of amides is 1. The summed E-state index contributed by atoms with van der Waals surface area (Å²) in [6.07, 6.45) is 8.13. The van der Waals surface area contributed by atoms with Gasteiger partial charge < -0.3 is 11.1 Å². The first kappa shape index (κ1) is 19.6. The number of hydrogen-bond acceptors (Lipinski definition) is 7. The second-order valence-corrected chi connectivity index (χ2v) is 7.62. The molecule has 0 aliphatic carbocycles. The number of anilines is 1. The van der Waals surface area contributed by atoms with Gasteiger partial charge in [-0.25, -0.2) is 4.98 Å². The number of carbonyl (C=O) groups excluding carboxylic acids is 1. The Hall–Kier alpha value is -4.34. The molecule has 5 rings (SSSR count). The van der Waals surface area contributed by atoms with Crippen molar-refractivity contribution in [2.45, 2.75) is 13.0 Å². The molecule has 4 aromatic rings. The van der Waals surface area contributed by atoms with E-state index in [0.717, 1.165) is 22.3 Å². The Labute approximate surface area is 183 Å². The van der Waals surface area contributed by atoms with E-state index < -0.39 is 0 Å². The van der Waals surface area contributed by atoms with Gasteiger partial charge in [0.25, 0.3) is 5.91 Å². The number of nitrogens with zero attached hydrogens (tertiary/aromatic N) is 6. The Kier molecular flexibility index (Phi) is 5.16. The molecule has 1 aromatic carbocycles. The fraction of sp³-hybridized carbons (Fsp3) is 0.182. The number of fused-ring (bicyclic) bond motifs is 1. The van der Waals surface area contributed by atoms with E-state index in [-0.39, 0.29) is 5.91 Å². The van der Waals surface area contributed by atoms with Crippen LogP contribution < -0.4 is 11.1 Å².